The van der Waals surface area contributed by atoms with Gasteiger partial charge in [-0.15, -0.1) is 0 Å². The smallest absolute Gasteiger partial charge is 0.230 e. The maximum atomic E-state index is 14.9. The fourth-order valence-corrected chi connectivity index (χ4v) is 5.72. The van der Waals surface area contributed by atoms with Crippen LogP contribution in [0.2, 0.25) is 0 Å². The van der Waals surface area contributed by atoms with E-state index in [4.69, 9.17) is 0 Å². The topological polar surface area (TPSA) is 47.0 Å². The van der Waals surface area contributed by atoms with Crippen LogP contribution in [-0.4, -0.2) is 55.7 Å². The van der Waals surface area contributed by atoms with Crippen molar-refractivity contribution in [3.05, 3.63) is 59.4 Å². The van der Waals surface area contributed by atoms with Gasteiger partial charge in [0.25, 0.3) is 0 Å². The highest BCUT2D eigenvalue weighted by Crippen LogP contribution is 2.39. The van der Waals surface area contributed by atoms with Gasteiger partial charge >= 0.3 is 0 Å². The average Bonchev–Trinajstić information content (AvgIpc) is 3.42. The van der Waals surface area contributed by atoms with Gasteiger partial charge in [-0.25, -0.2) is 4.39 Å². The summed E-state index contributed by atoms with van der Waals surface area (Å²) >= 11 is 0. The van der Waals surface area contributed by atoms with Crippen LogP contribution in [0.1, 0.15) is 43.2 Å². The van der Waals surface area contributed by atoms with E-state index >= 15 is 0 Å². The molecule has 0 radical (unpaired) electrons. The molecule has 1 aliphatic carbocycles. The minimum Gasteiger partial charge on any atom is -0.385 e. The molecule has 2 aromatic carbocycles. The molecule has 2 heterocycles. The summed E-state index contributed by atoms with van der Waals surface area (Å²) in [6, 6.07) is 13.1. The van der Waals surface area contributed by atoms with Crippen LogP contribution in [0.3, 0.4) is 0 Å². The molecule has 0 aromatic heterocycles. The number of likely N-dealkylation sites (N-methyl/N-ethyl adjacent to an activating group) is 1. The Labute approximate surface area is 195 Å². The zero-order valence-corrected chi connectivity index (χ0v) is 19.5. The lowest BCUT2D eigenvalue weighted by molar-refractivity contribution is -0.120. The molecule has 0 bridgehead atoms. The molecule has 1 N–H and O–H groups in total. The van der Waals surface area contributed by atoms with Gasteiger partial charge in [0.2, 0.25) is 5.91 Å². The lowest BCUT2D eigenvalue weighted by atomic mass is 9.92. The van der Waals surface area contributed by atoms with Gasteiger partial charge in [-0.2, -0.15) is 0 Å². The van der Waals surface area contributed by atoms with Gasteiger partial charge in [0, 0.05) is 55.6 Å². The van der Waals surface area contributed by atoms with Crippen LogP contribution in [0, 0.1) is 11.7 Å². The summed E-state index contributed by atoms with van der Waals surface area (Å²) in [5.41, 5.74) is 2.68. The Morgan fingerprint density at radius 2 is 1.70 bits per heavy atom. The molecule has 5 nitrogen and oxygen atoms in total. The zero-order valence-electron chi connectivity index (χ0n) is 19.5. The molecule has 1 saturated carbocycles. The number of piperazine rings is 1. The Hall–Kier alpha value is -2.44. The molecule has 176 valence electrons. The number of aliphatic hydroxyl groups is 1. The van der Waals surface area contributed by atoms with Gasteiger partial charge in [0.15, 0.2) is 0 Å². The number of rotatable bonds is 5. The number of halogens is 1. The van der Waals surface area contributed by atoms with E-state index in [-0.39, 0.29) is 17.6 Å². The summed E-state index contributed by atoms with van der Waals surface area (Å²) in [6.45, 7) is 4.30. The summed E-state index contributed by atoms with van der Waals surface area (Å²) in [5, 5.41) is 10.8. The molecule has 3 fully saturated rings. The maximum Gasteiger partial charge on any atom is 0.230 e. The summed E-state index contributed by atoms with van der Waals surface area (Å²) in [5.74, 6) is -0.367. The normalized spacial score (nSPS) is 23.5. The number of carbonyl (C=O) groups is 1. The van der Waals surface area contributed by atoms with Crippen molar-refractivity contribution in [3.8, 4) is 0 Å². The van der Waals surface area contributed by atoms with Gasteiger partial charge in [0.1, 0.15) is 5.82 Å². The first kappa shape index (κ1) is 22.4. The van der Waals surface area contributed by atoms with E-state index in [2.05, 4.69) is 16.8 Å². The lowest BCUT2D eigenvalue weighted by Crippen LogP contribution is -2.45. The van der Waals surface area contributed by atoms with E-state index in [0.717, 1.165) is 75.2 Å². The monoisotopic (exact) mass is 451 g/mol. The Bertz CT molecular complexity index is 995. The molecule has 2 aromatic rings. The number of hydrogen-bond donors (Lipinski definition) is 1. The second-order valence-electron chi connectivity index (χ2n) is 9.99. The molecule has 0 spiro atoms. The highest BCUT2D eigenvalue weighted by Gasteiger charge is 2.36. The number of benzene rings is 2. The van der Waals surface area contributed by atoms with E-state index < -0.39 is 5.60 Å². The Kier molecular flexibility index (Phi) is 6.14. The van der Waals surface area contributed by atoms with Gasteiger partial charge in [-0.1, -0.05) is 31.0 Å². The SMILES string of the molecule is CN1CCN(c2cccc(F)c2C[C@@H]2CCN(c3ccc(C4(O)CCCC4)cc3)C2=O)CC1. The van der Waals surface area contributed by atoms with Crippen molar-refractivity contribution in [1.29, 1.82) is 0 Å². The third-order valence-electron chi connectivity index (χ3n) is 7.85. The van der Waals surface area contributed by atoms with E-state index in [1.54, 1.807) is 6.07 Å². The summed E-state index contributed by atoms with van der Waals surface area (Å²) < 4.78 is 14.9. The molecular formula is C27H34FN3O2. The fourth-order valence-electron chi connectivity index (χ4n) is 5.72. The summed E-state index contributed by atoms with van der Waals surface area (Å²) in [4.78, 5) is 19.6. The number of hydrogen-bond acceptors (Lipinski definition) is 4. The van der Waals surface area contributed by atoms with Crippen LogP contribution in [0.15, 0.2) is 42.5 Å². The number of amides is 1. The molecule has 6 heteroatoms. The quantitative estimate of drug-likeness (QED) is 0.748. The predicted octanol–water partition coefficient (Wildman–Crippen LogP) is 3.93. The van der Waals surface area contributed by atoms with Crippen molar-refractivity contribution >= 4 is 17.3 Å². The molecule has 1 atom stereocenters. The van der Waals surface area contributed by atoms with E-state index in [0.29, 0.717) is 18.5 Å². The molecule has 1 amide bonds. The van der Waals surface area contributed by atoms with Crippen LogP contribution in [0.25, 0.3) is 0 Å². The van der Waals surface area contributed by atoms with Crippen LogP contribution in [0.5, 0.6) is 0 Å². The largest absolute Gasteiger partial charge is 0.385 e. The van der Waals surface area contributed by atoms with E-state index in [1.165, 1.54) is 6.07 Å². The van der Waals surface area contributed by atoms with Crippen molar-refractivity contribution < 1.29 is 14.3 Å². The third-order valence-corrected chi connectivity index (χ3v) is 7.85. The highest BCUT2D eigenvalue weighted by atomic mass is 19.1. The van der Waals surface area contributed by atoms with Crippen molar-refractivity contribution in [3.63, 3.8) is 0 Å². The second kappa shape index (κ2) is 9.07. The Morgan fingerprint density at radius 1 is 1.00 bits per heavy atom. The first-order valence-electron chi connectivity index (χ1n) is 12.3. The van der Waals surface area contributed by atoms with E-state index in [1.807, 2.05) is 35.2 Å². The molecule has 33 heavy (non-hydrogen) atoms. The van der Waals surface area contributed by atoms with Gasteiger partial charge in [-0.05, 0) is 62.6 Å². The average molecular weight is 452 g/mol. The first-order chi connectivity index (χ1) is 15.9. The van der Waals surface area contributed by atoms with Crippen LogP contribution in [0.4, 0.5) is 15.8 Å². The van der Waals surface area contributed by atoms with Crippen LogP contribution in [-0.2, 0) is 16.8 Å². The van der Waals surface area contributed by atoms with Crippen LogP contribution >= 0.6 is 0 Å². The Morgan fingerprint density at radius 3 is 2.39 bits per heavy atom. The predicted molar refractivity (Wildman–Crippen MR) is 129 cm³/mol. The Balaban J connectivity index is 1.30. The van der Waals surface area contributed by atoms with Gasteiger partial charge < -0.3 is 19.8 Å². The standard InChI is InChI=1S/C27H34FN3O2/c1-29-15-17-30(18-16-29)25-6-4-5-24(28)23(25)19-20-11-14-31(26(20)32)22-9-7-21(8-10-22)27(33)12-2-3-13-27/h4-10,20,33H,2-3,11-19H2,1H3/t20-/m0/s1. The second-order valence-corrected chi connectivity index (χ2v) is 9.99. The summed E-state index contributed by atoms with van der Waals surface area (Å²) in [7, 11) is 2.11. The van der Waals surface area contributed by atoms with Crippen molar-refractivity contribution in [2.24, 2.45) is 5.92 Å². The number of nitrogens with zero attached hydrogens (tertiary/aromatic N) is 3. The van der Waals surface area contributed by atoms with Crippen LogP contribution < -0.4 is 9.80 Å². The van der Waals surface area contributed by atoms with E-state index in [9.17, 15) is 14.3 Å². The molecule has 3 aliphatic rings. The third kappa shape index (κ3) is 4.38. The number of carbonyl (C=O) groups excluding carboxylic acids is 1. The molecule has 2 saturated heterocycles. The lowest BCUT2D eigenvalue weighted by Gasteiger charge is -2.35. The minimum atomic E-state index is -0.722. The molecule has 5 rings (SSSR count). The van der Waals surface area contributed by atoms with Gasteiger partial charge in [0.05, 0.1) is 5.60 Å². The van der Waals surface area contributed by atoms with Gasteiger partial charge in [-0.3, -0.25) is 4.79 Å². The van der Waals surface area contributed by atoms with Crippen molar-refractivity contribution in [2.45, 2.75) is 44.1 Å². The van der Waals surface area contributed by atoms with Crippen molar-refractivity contribution in [1.82, 2.24) is 4.90 Å². The fraction of sp³-hybridized carbons (Fsp3) is 0.519. The zero-order chi connectivity index (χ0) is 23.0. The van der Waals surface area contributed by atoms with Crippen molar-refractivity contribution in [2.75, 3.05) is 49.6 Å². The molecule has 0 unspecified atom stereocenters. The number of anilines is 2. The minimum absolute atomic E-state index is 0.0647. The molecular weight excluding hydrogens is 417 g/mol. The maximum absolute atomic E-state index is 14.9. The highest BCUT2D eigenvalue weighted by molar-refractivity contribution is 5.97. The molecule has 2 aliphatic heterocycles. The summed E-state index contributed by atoms with van der Waals surface area (Å²) in [6.07, 6.45) is 4.86. The first-order valence-corrected chi connectivity index (χ1v) is 12.3.